The maximum absolute atomic E-state index is 5.54. The van der Waals surface area contributed by atoms with E-state index in [1.165, 1.54) is 19.3 Å². The number of nitrogen functional groups attached to an aromatic ring is 1. The highest BCUT2D eigenvalue weighted by Gasteiger charge is 2.03. The molecule has 13 heavy (non-hydrogen) atoms. The van der Waals surface area contributed by atoms with Crippen LogP contribution < -0.4 is 10.6 Å². The molecular formula is C9H17N3S. The first kappa shape index (κ1) is 10.3. The number of hydrogen-bond acceptors (Lipinski definition) is 4. The van der Waals surface area contributed by atoms with Crippen molar-refractivity contribution in [3.05, 3.63) is 5.38 Å². The molecule has 0 radical (unpaired) electrons. The van der Waals surface area contributed by atoms with Crippen molar-refractivity contribution in [2.24, 2.45) is 0 Å². The van der Waals surface area contributed by atoms with Crippen LogP contribution in [-0.2, 0) is 0 Å². The lowest BCUT2D eigenvalue weighted by atomic mass is 10.2. The molecule has 0 aromatic carbocycles. The van der Waals surface area contributed by atoms with E-state index in [9.17, 15) is 0 Å². The van der Waals surface area contributed by atoms with Gasteiger partial charge in [0, 0.05) is 19.0 Å². The molecule has 0 aliphatic heterocycles. The maximum Gasteiger partial charge on any atom is 0.187 e. The third-order valence-corrected chi connectivity index (χ3v) is 2.91. The van der Waals surface area contributed by atoms with Gasteiger partial charge < -0.3 is 10.6 Å². The van der Waals surface area contributed by atoms with Crippen molar-refractivity contribution in [2.75, 3.05) is 24.2 Å². The molecule has 0 bridgehead atoms. The lowest BCUT2D eigenvalue weighted by Crippen LogP contribution is -2.18. The lowest BCUT2D eigenvalue weighted by Gasteiger charge is -2.14. The van der Waals surface area contributed by atoms with Gasteiger partial charge in [0.05, 0.1) is 0 Å². The van der Waals surface area contributed by atoms with Crippen LogP contribution >= 0.6 is 11.3 Å². The zero-order valence-electron chi connectivity index (χ0n) is 8.29. The molecule has 0 amide bonds. The summed E-state index contributed by atoms with van der Waals surface area (Å²) in [6.07, 6.45) is 3.77. The number of nitrogens with zero attached hydrogens (tertiary/aromatic N) is 2. The third-order valence-electron chi connectivity index (χ3n) is 1.93. The molecule has 1 aromatic heterocycles. The summed E-state index contributed by atoms with van der Waals surface area (Å²) < 4.78 is 0. The second-order valence-corrected chi connectivity index (χ2v) is 4.02. The van der Waals surface area contributed by atoms with E-state index in [1.54, 1.807) is 11.3 Å². The highest BCUT2D eigenvalue weighted by Crippen LogP contribution is 2.20. The fraction of sp³-hybridized carbons (Fsp3) is 0.667. The van der Waals surface area contributed by atoms with Gasteiger partial charge in [0.2, 0.25) is 0 Å². The Kier molecular flexibility index (Phi) is 4.02. The summed E-state index contributed by atoms with van der Waals surface area (Å²) in [4.78, 5) is 6.37. The van der Waals surface area contributed by atoms with Crippen LogP contribution in [0, 0.1) is 0 Å². The normalized spacial score (nSPS) is 10.3. The van der Waals surface area contributed by atoms with Gasteiger partial charge in [-0.3, -0.25) is 0 Å². The highest BCUT2D eigenvalue weighted by molar-refractivity contribution is 7.14. The van der Waals surface area contributed by atoms with E-state index >= 15 is 0 Å². The van der Waals surface area contributed by atoms with E-state index in [1.807, 2.05) is 5.38 Å². The van der Waals surface area contributed by atoms with Gasteiger partial charge in [0.15, 0.2) is 5.13 Å². The molecule has 0 fully saturated rings. The number of rotatable bonds is 5. The Morgan fingerprint density at radius 1 is 1.54 bits per heavy atom. The quantitative estimate of drug-likeness (QED) is 0.740. The summed E-state index contributed by atoms with van der Waals surface area (Å²) in [6, 6.07) is 0. The molecule has 3 nitrogen and oxygen atoms in total. The Labute approximate surface area is 83.6 Å². The molecule has 0 atom stereocenters. The van der Waals surface area contributed by atoms with E-state index in [-0.39, 0.29) is 0 Å². The number of nitrogens with two attached hydrogens (primary N) is 1. The van der Waals surface area contributed by atoms with E-state index < -0.39 is 0 Å². The van der Waals surface area contributed by atoms with Gasteiger partial charge in [-0.1, -0.05) is 19.8 Å². The first-order valence-corrected chi connectivity index (χ1v) is 5.54. The zero-order valence-corrected chi connectivity index (χ0v) is 9.10. The number of unbranched alkanes of at least 4 members (excludes halogenated alkanes) is 2. The van der Waals surface area contributed by atoms with Crippen LogP contribution in [0.5, 0.6) is 0 Å². The van der Waals surface area contributed by atoms with Gasteiger partial charge in [-0.25, -0.2) is 4.98 Å². The zero-order chi connectivity index (χ0) is 9.68. The molecule has 2 N–H and O–H groups in total. The van der Waals surface area contributed by atoms with Gasteiger partial charge in [0.1, 0.15) is 5.82 Å². The molecule has 0 unspecified atom stereocenters. The first-order chi connectivity index (χ1) is 6.24. The molecule has 0 aliphatic rings. The Hall–Kier alpha value is -0.770. The minimum atomic E-state index is 0.627. The van der Waals surface area contributed by atoms with Gasteiger partial charge in [-0.05, 0) is 6.42 Å². The summed E-state index contributed by atoms with van der Waals surface area (Å²) in [7, 11) is 2.06. The second kappa shape index (κ2) is 5.07. The van der Waals surface area contributed by atoms with E-state index in [0.29, 0.717) is 5.82 Å². The summed E-state index contributed by atoms with van der Waals surface area (Å²) in [6.45, 7) is 3.28. The van der Waals surface area contributed by atoms with Crippen LogP contribution in [-0.4, -0.2) is 18.6 Å². The van der Waals surface area contributed by atoms with Crippen LogP contribution in [0.2, 0.25) is 0 Å². The average molecular weight is 199 g/mol. The van der Waals surface area contributed by atoms with Crippen molar-refractivity contribution < 1.29 is 0 Å². The van der Waals surface area contributed by atoms with Crippen molar-refractivity contribution >= 4 is 22.3 Å². The summed E-state index contributed by atoms with van der Waals surface area (Å²) >= 11 is 1.61. The molecule has 4 heteroatoms. The van der Waals surface area contributed by atoms with Crippen LogP contribution in [0.25, 0.3) is 0 Å². The topological polar surface area (TPSA) is 42.2 Å². The standard InChI is InChI=1S/C9H17N3S/c1-3-4-5-6-12(2)9-11-8(10)7-13-9/h7H,3-6,10H2,1-2H3. The summed E-state index contributed by atoms with van der Waals surface area (Å²) in [5, 5.41) is 2.90. The monoisotopic (exact) mass is 199 g/mol. The largest absolute Gasteiger partial charge is 0.383 e. The highest BCUT2D eigenvalue weighted by atomic mass is 32.1. The molecule has 1 heterocycles. The van der Waals surface area contributed by atoms with E-state index in [4.69, 9.17) is 5.73 Å². The summed E-state index contributed by atoms with van der Waals surface area (Å²) in [5.41, 5.74) is 5.54. The predicted octanol–water partition coefficient (Wildman–Crippen LogP) is 2.35. The van der Waals surface area contributed by atoms with Crippen LogP contribution in [0.1, 0.15) is 26.2 Å². The van der Waals surface area contributed by atoms with Crippen LogP contribution in [0.15, 0.2) is 5.38 Å². The number of anilines is 2. The first-order valence-electron chi connectivity index (χ1n) is 4.66. The van der Waals surface area contributed by atoms with Crippen molar-refractivity contribution in [3.63, 3.8) is 0 Å². The predicted molar refractivity (Wildman–Crippen MR) is 59.3 cm³/mol. The molecule has 1 rings (SSSR count). The van der Waals surface area contributed by atoms with Crippen molar-refractivity contribution in [3.8, 4) is 0 Å². The Morgan fingerprint density at radius 2 is 2.31 bits per heavy atom. The molecule has 0 spiro atoms. The van der Waals surface area contributed by atoms with Crippen LogP contribution in [0.3, 0.4) is 0 Å². The Bertz CT molecular complexity index is 247. The van der Waals surface area contributed by atoms with E-state index in [0.717, 1.165) is 11.7 Å². The fourth-order valence-electron chi connectivity index (χ4n) is 1.15. The Balaban J connectivity index is 2.35. The maximum atomic E-state index is 5.54. The van der Waals surface area contributed by atoms with Gasteiger partial charge in [-0.15, -0.1) is 11.3 Å². The minimum absolute atomic E-state index is 0.627. The number of aromatic nitrogens is 1. The lowest BCUT2D eigenvalue weighted by molar-refractivity contribution is 0.704. The number of thiazole rings is 1. The molecule has 0 saturated heterocycles. The van der Waals surface area contributed by atoms with Gasteiger partial charge in [-0.2, -0.15) is 0 Å². The molecule has 74 valence electrons. The summed E-state index contributed by atoms with van der Waals surface area (Å²) in [5.74, 6) is 0.627. The minimum Gasteiger partial charge on any atom is -0.383 e. The molecule has 0 aliphatic carbocycles. The molecule has 1 aromatic rings. The number of hydrogen-bond donors (Lipinski definition) is 1. The smallest absolute Gasteiger partial charge is 0.187 e. The fourth-order valence-corrected chi connectivity index (χ4v) is 1.85. The van der Waals surface area contributed by atoms with Crippen molar-refractivity contribution in [1.29, 1.82) is 0 Å². The van der Waals surface area contributed by atoms with Gasteiger partial charge in [0.25, 0.3) is 0 Å². The third kappa shape index (κ3) is 3.22. The van der Waals surface area contributed by atoms with Crippen LogP contribution in [0.4, 0.5) is 10.9 Å². The van der Waals surface area contributed by atoms with E-state index in [2.05, 4.69) is 23.9 Å². The van der Waals surface area contributed by atoms with Crippen molar-refractivity contribution in [1.82, 2.24) is 4.98 Å². The van der Waals surface area contributed by atoms with Crippen molar-refractivity contribution in [2.45, 2.75) is 26.2 Å². The van der Waals surface area contributed by atoms with Gasteiger partial charge >= 0.3 is 0 Å². The SMILES string of the molecule is CCCCCN(C)c1nc(N)cs1. The Morgan fingerprint density at radius 3 is 2.85 bits per heavy atom. The molecule has 0 saturated carbocycles. The average Bonchev–Trinajstić information content (AvgIpc) is 2.52. The molecular weight excluding hydrogens is 182 g/mol. The second-order valence-electron chi connectivity index (χ2n) is 3.18.